The van der Waals surface area contributed by atoms with Crippen molar-refractivity contribution < 1.29 is 27.4 Å². The maximum Gasteiger partial charge on any atom is 0.326 e. The third-order valence-corrected chi connectivity index (χ3v) is 8.10. The molecule has 0 saturated carbocycles. The van der Waals surface area contributed by atoms with Crippen molar-refractivity contribution in [3.05, 3.63) is 96.1 Å². The van der Waals surface area contributed by atoms with Crippen LogP contribution in [0.1, 0.15) is 18.1 Å². The zero-order valence-electron chi connectivity index (χ0n) is 21.7. The molecule has 7 nitrogen and oxygen atoms in total. The molecule has 0 aliphatic carbocycles. The molecule has 4 rings (SSSR count). The Kier molecular flexibility index (Phi) is 8.53. The summed E-state index contributed by atoms with van der Waals surface area (Å²) in [5.74, 6) is 0.716. The molecule has 4 aromatic carbocycles. The Labute approximate surface area is 223 Å². The van der Waals surface area contributed by atoms with Crippen molar-refractivity contribution in [1.29, 1.82) is 0 Å². The van der Waals surface area contributed by atoms with Gasteiger partial charge >= 0.3 is 5.97 Å². The topological polar surface area (TPSA) is 82.1 Å². The van der Waals surface area contributed by atoms with Gasteiger partial charge < -0.3 is 14.2 Å². The zero-order valence-corrected chi connectivity index (χ0v) is 22.5. The zero-order chi connectivity index (χ0) is 27.1. The number of fused-ring (bicyclic) bond motifs is 1. The first-order valence-corrected chi connectivity index (χ1v) is 13.8. The van der Waals surface area contributed by atoms with E-state index in [0.29, 0.717) is 11.4 Å². The molecule has 38 heavy (non-hydrogen) atoms. The van der Waals surface area contributed by atoms with Gasteiger partial charge in [-0.05, 0) is 78.7 Å². The minimum atomic E-state index is -4.09. The number of hydrogen-bond acceptors (Lipinski definition) is 6. The molecule has 0 atom stereocenters. The van der Waals surface area contributed by atoms with Crippen LogP contribution in [0.3, 0.4) is 0 Å². The molecule has 198 valence electrons. The lowest BCUT2D eigenvalue weighted by molar-refractivity contribution is -0.141. The van der Waals surface area contributed by atoms with Gasteiger partial charge in [0, 0.05) is 5.39 Å². The minimum absolute atomic E-state index is 0.0512. The average Bonchev–Trinajstić information content (AvgIpc) is 2.95. The number of nitrogens with zero attached hydrogens (tertiary/aromatic N) is 1. The minimum Gasteiger partial charge on any atom is -0.497 e. The van der Waals surface area contributed by atoms with Gasteiger partial charge in [-0.3, -0.25) is 9.10 Å². The molecular weight excluding hydrogens is 502 g/mol. The van der Waals surface area contributed by atoms with Crippen LogP contribution >= 0.6 is 0 Å². The van der Waals surface area contributed by atoms with E-state index in [1.54, 1.807) is 32.2 Å². The van der Waals surface area contributed by atoms with E-state index in [2.05, 4.69) is 0 Å². The number of ether oxygens (including phenoxy) is 3. The van der Waals surface area contributed by atoms with Crippen LogP contribution in [0.25, 0.3) is 10.8 Å². The van der Waals surface area contributed by atoms with Gasteiger partial charge in [0.05, 0.1) is 31.4 Å². The van der Waals surface area contributed by atoms with E-state index in [9.17, 15) is 13.2 Å². The van der Waals surface area contributed by atoms with Crippen LogP contribution in [-0.4, -0.2) is 41.8 Å². The van der Waals surface area contributed by atoms with E-state index in [1.165, 1.54) is 24.8 Å². The van der Waals surface area contributed by atoms with Gasteiger partial charge in [0.15, 0.2) is 0 Å². The highest BCUT2D eigenvalue weighted by molar-refractivity contribution is 7.92. The second-order valence-electron chi connectivity index (χ2n) is 8.63. The summed E-state index contributed by atoms with van der Waals surface area (Å²) in [6.45, 7) is 1.39. The molecule has 0 unspecified atom stereocenters. The number of esters is 1. The molecule has 0 spiro atoms. The molecule has 0 N–H and O–H groups in total. The average molecular weight is 534 g/mol. The lowest BCUT2D eigenvalue weighted by Gasteiger charge is -2.26. The lowest BCUT2D eigenvalue weighted by atomic mass is 9.97. The Bertz CT molecular complexity index is 1500. The maximum absolute atomic E-state index is 13.8. The molecule has 8 heteroatoms. The normalized spacial score (nSPS) is 11.2. The third kappa shape index (κ3) is 5.92. The van der Waals surface area contributed by atoms with Gasteiger partial charge in [0.2, 0.25) is 0 Å². The number of carbonyl (C=O) groups is 1. The SMILES string of the molecule is CCOC(=O)CN(c1ccc(CCc2ccc(OC)cc2)c2ccccc12)S(=O)(=O)c1ccc(OC)cc1. The molecule has 0 heterocycles. The fraction of sp³-hybridized carbons (Fsp3) is 0.233. The Hall–Kier alpha value is -4.04. The number of rotatable bonds is 11. The molecule has 0 fully saturated rings. The van der Waals surface area contributed by atoms with Crippen molar-refractivity contribution in [2.45, 2.75) is 24.7 Å². The van der Waals surface area contributed by atoms with Gasteiger partial charge in [-0.1, -0.05) is 42.5 Å². The Balaban J connectivity index is 1.74. The predicted octanol–water partition coefficient (Wildman–Crippen LogP) is 5.40. The first-order chi connectivity index (χ1) is 18.4. The lowest BCUT2D eigenvalue weighted by Crippen LogP contribution is -2.36. The molecule has 0 aliphatic rings. The Morgan fingerprint density at radius 2 is 1.37 bits per heavy atom. The van der Waals surface area contributed by atoms with E-state index in [-0.39, 0.29) is 11.5 Å². The maximum atomic E-state index is 13.8. The van der Waals surface area contributed by atoms with Crippen LogP contribution in [0, 0.1) is 0 Å². The quantitative estimate of drug-likeness (QED) is 0.240. The summed E-state index contributed by atoms with van der Waals surface area (Å²) >= 11 is 0. The summed E-state index contributed by atoms with van der Waals surface area (Å²) in [6.07, 6.45) is 1.57. The largest absolute Gasteiger partial charge is 0.497 e. The summed E-state index contributed by atoms with van der Waals surface area (Å²) in [7, 11) is -0.939. The smallest absolute Gasteiger partial charge is 0.326 e. The highest BCUT2D eigenvalue weighted by Gasteiger charge is 2.29. The van der Waals surface area contributed by atoms with Crippen molar-refractivity contribution in [3.8, 4) is 11.5 Å². The van der Waals surface area contributed by atoms with E-state index in [4.69, 9.17) is 14.2 Å². The number of anilines is 1. The van der Waals surface area contributed by atoms with Crippen LogP contribution in [0.4, 0.5) is 5.69 Å². The van der Waals surface area contributed by atoms with Crippen molar-refractivity contribution in [1.82, 2.24) is 0 Å². The number of carbonyl (C=O) groups excluding carboxylic acids is 1. The van der Waals surface area contributed by atoms with Gasteiger partial charge in [0.1, 0.15) is 18.0 Å². The molecular formula is C30H31NO6S. The first kappa shape index (κ1) is 27.0. The van der Waals surface area contributed by atoms with Crippen molar-refractivity contribution >= 4 is 32.5 Å². The van der Waals surface area contributed by atoms with Gasteiger partial charge in [-0.25, -0.2) is 8.42 Å². The van der Waals surface area contributed by atoms with E-state index in [1.807, 2.05) is 54.6 Å². The number of aryl methyl sites for hydroxylation is 2. The van der Waals surface area contributed by atoms with Crippen LogP contribution in [-0.2, 0) is 32.4 Å². The van der Waals surface area contributed by atoms with Gasteiger partial charge in [-0.15, -0.1) is 0 Å². The van der Waals surface area contributed by atoms with E-state index >= 15 is 0 Å². The second-order valence-corrected chi connectivity index (χ2v) is 10.5. The van der Waals surface area contributed by atoms with E-state index in [0.717, 1.165) is 39.2 Å². The third-order valence-electron chi connectivity index (χ3n) is 6.33. The van der Waals surface area contributed by atoms with Crippen molar-refractivity contribution in [2.24, 2.45) is 0 Å². The predicted molar refractivity (Wildman–Crippen MR) is 149 cm³/mol. The molecule has 0 aliphatic heterocycles. The number of benzene rings is 4. The fourth-order valence-electron chi connectivity index (χ4n) is 4.35. The molecule has 0 saturated heterocycles. The van der Waals surface area contributed by atoms with Gasteiger partial charge in [-0.2, -0.15) is 0 Å². The molecule has 0 bridgehead atoms. The van der Waals surface area contributed by atoms with Crippen LogP contribution in [0.2, 0.25) is 0 Å². The molecule has 0 aromatic heterocycles. The summed E-state index contributed by atoms with van der Waals surface area (Å²) < 4.78 is 44.3. The van der Waals surface area contributed by atoms with Crippen LogP contribution in [0.5, 0.6) is 11.5 Å². The van der Waals surface area contributed by atoms with Crippen LogP contribution in [0.15, 0.2) is 89.8 Å². The summed E-state index contributed by atoms with van der Waals surface area (Å²) in [6, 6.07) is 25.4. The molecule has 0 amide bonds. The summed E-state index contributed by atoms with van der Waals surface area (Å²) in [5.41, 5.74) is 2.67. The van der Waals surface area contributed by atoms with Gasteiger partial charge in [0.25, 0.3) is 10.0 Å². The van der Waals surface area contributed by atoms with Crippen molar-refractivity contribution in [3.63, 3.8) is 0 Å². The number of methoxy groups -OCH3 is 2. The fourth-order valence-corrected chi connectivity index (χ4v) is 5.78. The van der Waals surface area contributed by atoms with E-state index < -0.39 is 22.5 Å². The Morgan fingerprint density at radius 1 is 0.763 bits per heavy atom. The highest BCUT2D eigenvalue weighted by Crippen LogP contribution is 2.34. The standard InChI is InChI=1S/C30H31NO6S/c1-4-37-30(32)21-31(38(33,34)26-18-16-25(36-3)17-19-26)29-20-13-23(27-7-5-6-8-28(27)29)12-9-22-10-14-24(35-2)15-11-22/h5-8,10-11,13-20H,4,9,12,21H2,1-3H3. The van der Waals surface area contributed by atoms with Crippen molar-refractivity contribution in [2.75, 3.05) is 31.7 Å². The second kappa shape index (κ2) is 12.0. The first-order valence-electron chi connectivity index (χ1n) is 12.3. The number of hydrogen-bond donors (Lipinski definition) is 0. The Morgan fingerprint density at radius 3 is 1.97 bits per heavy atom. The van der Waals surface area contributed by atoms with Crippen LogP contribution < -0.4 is 13.8 Å². The molecule has 0 radical (unpaired) electrons. The summed E-state index contributed by atoms with van der Waals surface area (Å²) in [5, 5.41) is 1.67. The summed E-state index contributed by atoms with van der Waals surface area (Å²) in [4.78, 5) is 12.6. The monoisotopic (exact) mass is 533 g/mol. The molecule has 4 aromatic rings. The number of sulfonamides is 1. The highest BCUT2D eigenvalue weighted by atomic mass is 32.2.